The first-order valence-electron chi connectivity index (χ1n) is 9.01. The number of carboxylic acid groups (broad SMARTS) is 1. The van der Waals surface area contributed by atoms with Gasteiger partial charge in [0.2, 0.25) is 0 Å². The molecule has 0 saturated heterocycles. The summed E-state index contributed by atoms with van der Waals surface area (Å²) in [6.45, 7) is 0. The Labute approximate surface area is 153 Å². The van der Waals surface area contributed by atoms with E-state index in [9.17, 15) is 14.7 Å². The van der Waals surface area contributed by atoms with Gasteiger partial charge in [-0.2, -0.15) is 11.8 Å². The molecule has 1 N–H and O–H groups in total. The fraction of sp³-hybridized carbons (Fsp3) is 0.500. The Morgan fingerprint density at radius 1 is 1.16 bits per heavy atom. The third-order valence-electron chi connectivity index (χ3n) is 5.09. The monoisotopic (exact) mass is 358 g/mol. The van der Waals surface area contributed by atoms with Gasteiger partial charge in [0, 0.05) is 10.8 Å². The molecule has 0 fully saturated rings. The summed E-state index contributed by atoms with van der Waals surface area (Å²) in [7, 11) is 0. The quantitative estimate of drug-likeness (QED) is 0.761. The van der Waals surface area contributed by atoms with E-state index in [-0.39, 0.29) is 5.91 Å². The number of hydrogen-bond acceptors (Lipinski definition) is 4. The molecule has 0 bridgehead atoms. The maximum Gasteiger partial charge on any atom is 0.251 e. The van der Waals surface area contributed by atoms with Crippen molar-refractivity contribution in [1.82, 2.24) is 5.32 Å². The van der Waals surface area contributed by atoms with Crippen LogP contribution >= 0.6 is 11.8 Å². The second kappa shape index (κ2) is 8.56. The summed E-state index contributed by atoms with van der Waals surface area (Å²) in [5.74, 6) is -0.852. The summed E-state index contributed by atoms with van der Waals surface area (Å²) in [6.07, 6.45) is 7.78. The first-order chi connectivity index (χ1) is 12.1. The van der Waals surface area contributed by atoms with E-state index in [0.29, 0.717) is 17.2 Å². The highest BCUT2D eigenvalue weighted by molar-refractivity contribution is 7.99. The molecule has 4 nitrogen and oxygen atoms in total. The van der Waals surface area contributed by atoms with Crippen LogP contribution in [0.4, 0.5) is 0 Å². The fourth-order valence-corrected chi connectivity index (χ4v) is 4.88. The maximum atomic E-state index is 12.1. The number of carbonyl (C=O) groups excluding carboxylic acids is 2. The lowest BCUT2D eigenvalue weighted by molar-refractivity contribution is -0.308. The number of benzene rings is 1. The van der Waals surface area contributed by atoms with Crippen LogP contribution in [0.3, 0.4) is 0 Å². The molecule has 0 aliphatic heterocycles. The number of carboxylic acids is 1. The van der Waals surface area contributed by atoms with Gasteiger partial charge in [-0.15, -0.1) is 0 Å². The second-order valence-corrected chi connectivity index (χ2v) is 8.20. The summed E-state index contributed by atoms with van der Waals surface area (Å²) in [6, 6.07) is 7.74. The minimum absolute atomic E-state index is 0.362. The van der Waals surface area contributed by atoms with Crippen LogP contribution in [-0.2, 0) is 4.79 Å². The van der Waals surface area contributed by atoms with E-state index in [1.807, 2.05) is 17.8 Å². The average Bonchev–Trinajstić information content (AvgIpc) is 2.73. The van der Waals surface area contributed by atoms with Crippen molar-refractivity contribution >= 4 is 23.6 Å². The Morgan fingerprint density at radius 3 is 2.60 bits per heavy atom. The van der Waals surface area contributed by atoms with Crippen molar-refractivity contribution in [1.29, 1.82) is 0 Å². The lowest BCUT2D eigenvalue weighted by Gasteiger charge is -2.24. The van der Waals surface area contributed by atoms with E-state index in [4.69, 9.17) is 0 Å². The van der Waals surface area contributed by atoms with Gasteiger partial charge in [-0.1, -0.05) is 29.3 Å². The highest BCUT2D eigenvalue weighted by atomic mass is 32.2. The number of thioether (sulfide) groups is 1. The Bertz CT molecular complexity index is 656. The third kappa shape index (κ3) is 4.88. The van der Waals surface area contributed by atoms with Gasteiger partial charge in [0.05, 0.1) is 12.0 Å². The number of nitrogens with one attached hydrogen (secondary N) is 1. The largest absolute Gasteiger partial charge is 0.548 e. The first-order valence-corrected chi connectivity index (χ1v) is 10.1. The summed E-state index contributed by atoms with van der Waals surface area (Å²) in [5.41, 5.74) is 3.78. The molecule has 0 aromatic heterocycles. The summed E-state index contributed by atoms with van der Waals surface area (Å²) < 4.78 is 0. The van der Waals surface area contributed by atoms with Crippen molar-refractivity contribution < 1.29 is 14.7 Å². The van der Waals surface area contributed by atoms with Crippen LogP contribution < -0.4 is 10.4 Å². The molecule has 0 saturated carbocycles. The Balaban J connectivity index is 1.47. The van der Waals surface area contributed by atoms with Crippen LogP contribution in [0.15, 0.2) is 41.5 Å². The summed E-state index contributed by atoms with van der Waals surface area (Å²) >= 11 is 1.84. The molecule has 2 aliphatic carbocycles. The zero-order chi connectivity index (χ0) is 17.6. The highest BCUT2D eigenvalue weighted by Gasteiger charge is 2.24. The van der Waals surface area contributed by atoms with Gasteiger partial charge < -0.3 is 15.2 Å². The molecule has 134 valence electrons. The molecule has 1 amide bonds. The normalized spacial score (nSPS) is 20.9. The third-order valence-corrected chi connectivity index (χ3v) is 6.44. The minimum atomic E-state index is -1.21. The SMILES string of the molecule is O=C(NC(CCSC1CCCC2=C(CC2)C1)C(=O)[O-])c1ccccc1. The Morgan fingerprint density at radius 2 is 1.92 bits per heavy atom. The van der Waals surface area contributed by atoms with Gasteiger partial charge in [-0.3, -0.25) is 4.79 Å². The number of rotatable bonds is 7. The molecule has 0 heterocycles. The molecule has 0 radical (unpaired) electrons. The van der Waals surface area contributed by atoms with Gasteiger partial charge in [-0.05, 0) is 62.8 Å². The van der Waals surface area contributed by atoms with Crippen LogP contribution in [0.25, 0.3) is 0 Å². The molecule has 1 aromatic carbocycles. The van der Waals surface area contributed by atoms with Crippen molar-refractivity contribution in [3.63, 3.8) is 0 Å². The number of hydrogen-bond donors (Lipinski definition) is 1. The van der Waals surface area contributed by atoms with E-state index in [1.165, 1.54) is 32.1 Å². The zero-order valence-corrected chi connectivity index (χ0v) is 15.1. The predicted molar refractivity (Wildman–Crippen MR) is 98.3 cm³/mol. The Hall–Kier alpha value is -1.75. The predicted octanol–water partition coefficient (Wildman–Crippen LogP) is 2.69. The van der Waals surface area contributed by atoms with Crippen LogP contribution in [0.5, 0.6) is 0 Å². The van der Waals surface area contributed by atoms with E-state index in [0.717, 1.165) is 12.2 Å². The van der Waals surface area contributed by atoms with Crippen molar-refractivity contribution in [2.24, 2.45) is 0 Å². The molecule has 2 aliphatic rings. The van der Waals surface area contributed by atoms with Crippen molar-refractivity contribution in [2.45, 2.75) is 56.2 Å². The van der Waals surface area contributed by atoms with Crippen LogP contribution in [0.2, 0.25) is 0 Å². The number of allylic oxidation sites excluding steroid dienone is 2. The lowest BCUT2D eigenvalue weighted by Crippen LogP contribution is -2.48. The van der Waals surface area contributed by atoms with E-state index < -0.39 is 12.0 Å². The zero-order valence-electron chi connectivity index (χ0n) is 14.3. The molecule has 25 heavy (non-hydrogen) atoms. The minimum Gasteiger partial charge on any atom is -0.548 e. The summed E-state index contributed by atoms with van der Waals surface area (Å²) in [5, 5.41) is 14.5. The standard InChI is InChI=1S/C20H25NO3S/c22-19(15-5-2-1-3-6-15)21-18(20(23)24)11-12-25-17-8-4-7-14-9-10-16(14)13-17/h1-3,5-6,17-18H,4,7-13H2,(H,21,22)(H,23,24)/p-1. The van der Waals surface area contributed by atoms with Gasteiger partial charge >= 0.3 is 0 Å². The van der Waals surface area contributed by atoms with Crippen LogP contribution in [0, 0.1) is 0 Å². The summed E-state index contributed by atoms with van der Waals surface area (Å²) in [4.78, 5) is 23.5. The average molecular weight is 358 g/mol. The molecular formula is C20H24NO3S-. The number of amides is 1. The van der Waals surface area contributed by atoms with Crippen molar-refractivity contribution in [3.05, 3.63) is 47.0 Å². The van der Waals surface area contributed by atoms with E-state index >= 15 is 0 Å². The van der Waals surface area contributed by atoms with Crippen LogP contribution in [0.1, 0.15) is 55.3 Å². The number of carbonyl (C=O) groups is 2. The highest BCUT2D eigenvalue weighted by Crippen LogP contribution is 2.41. The molecule has 1 aromatic rings. The maximum absolute atomic E-state index is 12.1. The van der Waals surface area contributed by atoms with Crippen molar-refractivity contribution in [2.75, 3.05) is 5.75 Å². The fourth-order valence-electron chi connectivity index (χ4n) is 3.52. The molecule has 2 unspecified atom stereocenters. The molecule has 5 heteroatoms. The molecule has 0 spiro atoms. The van der Waals surface area contributed by atoms with E-state index in [2.05, 4.69) is 5.32 Å². The molecule has 2 atom stereocenters. The first kappa shape index (κ1) is 18.1. The second-order valence-electron chi connectivity index (χ2n) is 6.80. The van der Waals surface area contributed by atoms with Crippen LogP contribution in [-0.4, -0.2) is 28.9 Å². The van der Waals surface area contributed by atoms with Gasteiger partial charge in [0.1, 0.15) is 0 Å². The Kier molecular flexibility index (Phi) is 6.19. The molecular weight excluding hydrogens is 334 g/mol. The number of aliphatic carboxylic acids is 1. The van der Waals surface area contributed by atoms with E-state index in [1.54, 1.807) is 35.4 Å². The topological polar surface area (TPSA) is 69.2 Å². The smallest absolute Gasteiger partial charge is 0.251 e. The van der Waals surface area contributed by atoms with Gasteiger partial charge in [0.15, 0.2) is 0 Å². The van der Waals surface area contributed by atoms with Crippen molar-refractivity contribution in [3.8, 4) is 0 Å². The lowest BCUT2D eigenvalue weighted by atomic mass is 9.85. The van der Waals surface area contributed by atoms with Gasteiger partial charge in [-0.25, -0.2) is 0 Å². The molecule has 3 rings (SSSR count). The van der Waals surface area contributed by atoms with Gasteiger partial charge in [0.25, 0.3) is 5.91 Å².